The van der Waals surface area contributed by atoms with Crippen LogP contribution in [0.1, 0.15) is 1.43 Å². The number of hydrogen-bond acceptors (Lipinski definition) is 1. The summed E-state index contributed by atoms with van der Waals surface area (Å²) in [4.78, 5) is 0. The molecule has 26 valence electrons. The van der Waals surface area contributed by atoms with Crippen LogP contribution in [0.25, 0.3) is 0 Å². The molecule has 0 aromatic heterocycles. The Bertz CT molecular complexity index is 9.61. The first kappa shape index (κ1) is 16.9. The van der Waals surface area contributed by atoms with Crippen molar-refractivity contribution in [2.45, 2.75) is 0 Å². The second-order valence-corrected chi connectivity index (χ2v) is 0. The molecule has 0 aliphatic rings. The van der Waals surface area contributed by atoms with Gasteiger partial charge in [-0.05, 0) is 0 Å². The fourth-order valence-electron chi connectivity index (χ4n) is 0. The van der Waals surface area contributed by atoms with Crippen LogP contribution in [0.4, 0.5) is 0 Å². The van der Waals surface area contributed by atoms with Gasteiger partial charge in [-0.3, -0.25) is 0 Å². The van der Waals surface area contributed by atoms with Crippen LogP contribution < -0.4 is 51.4 Å². The van der Waals surface area contributed by atoms with E-state index in [-0.39, 0.29) is 58.3 Å². The zero-order chi connectivity index (χ0) is 2.00. The quantitative estimate of drug-likeness (QED) is 0.312. The van der Waals surface area contributed by atoms with Crippen molar-refractivity contribution in [1.82, 2.24) is 0 Å². The van der Waals surface area contributed by atoms with Crippen molar-refractivity contribution in [3.05, 3.63) is 0 Å². The maximum atomic E-state index is 7.88. The Morgan fingerprint density at radius 2 is 1.50 bits per heavy atom. The topological polar surface area (TPSA) is 48.6 Å². The zero-order valence-corrected chi connectivity index (χ0v) is 6.34. The van der Waals surface area contributed by atoms with Crippen molar-refractivity contribution in [2.75, 3.05) is 0 Å². The van der Waals surface area contributed by atoms with Gasteiger partial charge in [-0.2, -0.15) is 0 Å². The third kappa shape index (κ3) is 9.10. The van der Waals surface area contributed by atoms with Crippen LogP contribution in [0.3, 0.4) is 0 Å². The molecule has 2 nitrogen and oxygen atoms in total. The van der Waals surface area contributed by atoms with E-state index in [0.717, 1.165) is 0 Å². The van der Waals surface area contributed by atoms with Crippen LogP contribution in [0.5, 0.6) is 0 Å². The van der Waals surface area contributed by atoms with E-state index >= 15 is 0 Å². The molecule has 0 radical (unpaired) electrons. The van der Waals surface area contributed by atoms with E-state index in [9.17, 15) is 0 Å². The van der Waals surface area contributed by atoms with Crippen LogP contribution in [-0.2, 0) is 19.3 Å². The van der Waals surface area contributed by atoms with Crippen molar-refractivity contribution >= 4 is 0 Å². The molecule has 0 heterocycles. The summed E-state index contributed by atoms with van der Waals surface area (Å²) in [5.74, 6) is 0. The second-order valence-electron chi connectivity index (χ2n) is 0. The Morgan fingerprint density at radius 1 is 1.50 bits per heavy atom. The fourth-order valence-corrected chi connectivity index (χ4v) is 0. The van der Waals surface area contributed by atoms with E-state index in [1.54, 1.807) is 0 Å². The Hall–Kier alpha value is 1.89. The summed E-state index contributed by atoms with van der Waals surface area (Å²) in [6, 6.07) is 0. The number of rotatable bonds is 0. The first-order chi connectivity index (χ1) is 1.00. The molecule has 0 aromatic rings. The van der Waals surface area contributed by atoms with E-state index in [2.05, 4.69) is 15.4 Å². The minimum atomic E-state index is 0. The molecule has 2 N–H and O–H groups in total. The monoisotopic (exact) mass is 132 g/mol. The molecule has 0 aliphatic heterocycles. The average molecular weight is 133 g/mol. The van der Waals surface area contributed by atoms with Crippen molar-refractivity contribution in [3.63, 3.8) is 0 Å². The summed E-state index contributed by atoms with van der Waals surface area (Å²) < 4.78 is 7.88. The first-order valence-electron chi connectivity index (χ1n) is 0.129. The van der Waals surface area contributed by atoms with Gasteiger partial charge in [-0.25, -0.2) is 0 Å². The van der Waals surface area contributed by atoms with Crippen molar-refractivity contribution < 1.29 is 77.6 Å². The standard InChI is InChI=1S/K.Ni.H2O.O.H/h;;1H2;;/q+1;;;;-1. The molecule has 0 aromatic carbocycles. The summed E-state index contributed by atoms with van der Waals surface area (Å²) in [7, 11) is 0. The molecule has 0 amide bonds. The maximum absolute atomic E-state index is 7.88. The molecule has 0 fully saturated rings. The van der Waals surface area contributed by atoms with Gasteiger partial charge >= 0.3 is 70.7 Å². The molecule has 0 unspecified atom stereocenters. The predicted molar refractivity (Wildman–Crippen MR) is 5.41 cm³/mol. The molecule has 4 heteroatoms. The van der Waals surface area contributed by atoms with Gasteiger partial charge in [0, 0.05) is 0 Å². The van der Waals surface area contributed by atoms with E-state index in [0.29, 0.717) is 0 Å². The molecule has 0 spiro atoms. The van der Waals surface area contributed by atoms with Gasteiger partial charge < -0.3 is 6.90 Å². The van der Waals surface area contributed by atoms with E-state index < -0.39 is 0 Å². The molecule has 4 heavy (non-hydrogen) atoms. The van der Waals surface area contributed by atoms with Crippen LogP contribution in [0.2, 0.25) is 0 Å². The Labute approximate surface area is 76.1 Å². The first-order valence-corrected chi connectivity index (χ1v) is 0.532. The Balaban J connectivity index is -0.00000000167. The summed E-state index contributed by atoms with van der Waals surface area (Å²) in [5.41, 5.74) is 0. The van der Waals surface area contributed by atoms with E-state index in [1.165, 1.54) is 0 Å². The molecule has 0 bridgehead atoms. The third-order valence-electron chi connectivity index (χ3n) is 0. The van der Waals surface area contributed by atoms with Crippen molar-refractivity contribution in [3.8, 4) is 0 Å². The summed E-state index contributed by atoms with van der Waals surface area (Å²) in [6.07, 6.45) is 0. The van der Waals surface area contributed by atoms with Crippen LogP contribution >= 0.6 is 0 Å². The van der Waals surface area contributed by atoms with Gasteiger partial charge in [0.1, 0.15) is 0 Å². The Morgan fingerprint density at radius 3 is 1.50 bits per heavy atom. The van der Waals surface area contributed by atoms with E-state index in [4.69, 9.17) is 3.90 Å². The predicted octanol–water partition coefficient (Wildman–Crippen LogP) is -3.83. The minimum absolute atomic E-state index is 0. The summed E-state index contributed by atoms with van der Waals surface area (Å²) in [5, 5.41) is 0. The fraction of sp³-hybridized carbons (Fsp3) is 0. The number of hydrogen-bond donors (Lipinski definition) is 0. The van der Waals surface area contributed by atoms with Crippen LogP contribution in [0.15, 0.2) is 0 Å². The summed E-state index contributed by atoms with van der Waals surface area (Å²) >= 11 is 2.62. The van der Waals surface area contributed by atoms with E-state index in [1.807, 2.05) is 0 Å². The normalized spacial score (nSPS) is 1.50. The average Bonchev–Trinajstić information content (AvgIpc) is 1.00. The van der Waals surface area contributed by atoms with Gasteiger partial charge in [-0.15, -0.1) is 0 Å². The van der Waals surface area contributed by atoms with Crippen LogP contribution in [-0.4, -0.2) is 5.48 Å². The van der Waals surface area contributed by atoms with Gasteiger partial charge in [0.25, 0.3) is 0 Å². The Kier molecular flexibility index (Phi) is 87.3. The van der Waals surface area contributed by atoms with Gasteiger partial charge in [0.15, 0.2) is 0 Å². The second kappa shape index (κ2) is 20.7. The van der Waals surface area contributed by atoms with Gasteiger partial charge in [0.05, 0.1) is 0 Å². The van der Waals surface area contributed by atoms with Gasteiger partial charge in [0.2, 0.25) is 0 Å². The van der Waals surface area contributed by atoms with Crippen LogP contribution in [0, 0.1) is 0 Å². The molecule has 0 saturated heterocycles. The van der Waals surface area contributed by atoms with Crippen molar-refractivity contribution in [2.24, 2.45) is 0 Å². The van der Waals surface area contributed by atoms with Crippen molar-refractivity contribution in [1.29, 1.82) is 0 Å². The molecule has 0 rings (SSSR count). The molecule has 0 saturated carbocycles. The SMILES string of the molecule is O.[H-].[K+].[O]=[Ni]. The molecule has 0 atom stereocenters. The summed E-state index contributed by atoms with van der Waals surface area (Å²) in [6.45, 7) is 0. The molecule has 0 aliphatic carbocycles. The molecular weight excluding hydrogens is 130 g/mol. The van der Waals surface area contributed by atoms with Gasteiger partial charge in [-0.1, -0.05) is 0 Å². The third-order valence-corrected chi connectivity index (χ3v) is 0. The zero-order valence-electron chi connectivity index (χ0n) is 3.22. The molecular formula is H3KNiO2.